The van der Waals surface area contributed by atoms with Crippen LogP contribution in [0.4, 0.5) is 0 Å². The summed E-state index contributed by atoms with van der Waals surface area (Å²) in [6.45, 7) is 3.66. The minimum Gasteiger partial charge on any atom is -0.496 e. The maximum Gasteiger partial charge on any atom is 0.339 e. The molecule has 0 aromatic heterocycles. The number of hydrogen-bond acceptors (Lipinski definition) is 4. The second kappa shape index (κ2) is 8.53. The highest BCUT2D eigenvalue weighted by Crippen LogP contribution is 2.20. The maximum absolute atomic E-state index is 12.2. The summed E-state index contributed by atoms with van der Waals surface area (Å²) in [5, 5.41) is 3.27. The lowest BCUT2D eigenvalue weighted by molar-refractivity contribution is -0.129. The molecular formula is C19H20ClNO4. The fraction of sp³-hybridized carbons (Fsp3) is 0.263. The summed E-state index contributed by atoms with van der Waals surface area (Å²) >= 11 is 6.04. The number of benzene rings is 2. The smallest absolute Gasteiger partial charge is 0.339 e. The van der Waals surface area contributed by atoms with E-state index in [9.17, 15) is 9.59 Å². The van der Waals surface area contributed by atoms with Gasteiger partial charge >= 0.3 is 5.97 Å². The van der Waals surface area contributed by atoms with Gasteiger partial charge < -0.3 is 14.8 Å². The van der Waals surface area contributed by atoms with Gasteiger partial charge in [-0.2, -0.15) is 0 Å². The number of carbonyl (C=O) groups is 2. The predicted octanol–water partition coefficient (Wildman–Crippen LogP) is 3.52. The zero-order valence-electron chi connectivity index (χ0n) is 14.3. The molecule has 0 aliphatic carbocycles. The number of aryl methyl sites for hydroxylation is 1. The summed E-state index contributed by atoms with van der Waals surface area (Å²) in [6, 6.07) is 12.2. The number of carbonyl (C=O) groups excluding carboxylic acids is 2. The molecule has 25 heavy (non-hydrogen) atoms. The number of ether oxygens (including phenoxy) is 2. The third-order valence-electron chi connectivity index (χ3n) is 3.71. The van der Waals surface area contributed by atoms with E-state index in [1.807, 2.05) is 25.1 Å². The molecule has 0 saturated carbocycles. The van der Waals surface area contributed by atoms with Crippen molar-refractivity contribution in [2.45, 2.75) is 26.5 Å². The van der Waals surface area contributed by atoms with E-state index < -0.39 is 18.0 Å². The van der Waals surface area contributed by atoms with Crippen LogP contribution >= 0.6 is 11.6 Å². The summed E-state index contributed by atoms with van der Waals surface area (Å²) in [5.74, 6) is -0.392. The number of nitrogens with one attached hydrogen (secondary N) is 1. The van der Waals surface area contributed by atoms with E-state index in [-0.39, 0.29) is 6.54 Å². The van der Waals surface area contributed by atoms with Crippen molar-refractivity contribution in [3.63, 3.8) is 0 Å². The molecule has 0 aliphatic rings. The molecule has 2 aromatic carbocycles. The van der Waals surface area contributed by atoms with Gasteiger partial charge in [0.1, 0.15) is 5.75 Å². The van der Waals surface area contributed by atoms with Crippen molar-refractivity contribution in [3.05, 3.63) is 64.2 Å². The molecule has 0 heterocycles. The van der Waals surface area contributed by atoms with E-state index in [1.54, 1.807) is 24.3 Å². The summed E-state index contributed by atoms with van der Waals surface area (Å²) in [5.41, 5.74) is 2.03. The van der Waals surface area contributed by atoms with E-state index in [4.69, 9.17) is 21.1 Å². The van der Waals surface area contributed by atoms with Crippen molar-refractivity contribution in [3.8, 4) is 5.75 Å². The Labute approximate surface area is 151 Å². The number of methoxy groups -OCH3 is 1. The molecule has 0 radical (unpaired) electrons. The van der Waals surface area contributed by atoms with Gasteiger partial charge in [-0.1, -0.05) is 35.9 Å². The number of halogens is 1. The Morgan fingerprint density at radius 1 is 1.20 bits per heavy atom. The molecule has 0 fully saturated rings. The Balaban J connectivity index is 1.94. The molecule has 1 amide bonds. The molecule has 2 rings (SSSR count). The van der Waals surface area contributed by atoms with Crippen LogP contribution in [0, 0.1) is 6.92 Å². The van der Waals surface area contributed by atoms with Gasteiger partial charge in [0.05, 0.1) is 12.7 Å². The molecule has 6 heteroatoms. The Morgan fingerprint density at radius 3 is 2.60 bits per heavy atom. The maximum atomic E-state index is 12.2. The molecule has 0 unspecified atom stereocenters. The topological polar surface area (TPSA) is 64.6 Å². The second-order valence-corrected chi connectivity index (χ2v) is 5.95. The van der Waals surface area contributed by atoms with Gasteiger partial charge in [0.25, 0.3) is 5.91 Å². The lowest BCUT2D eigenvalue weighted by atomic mass is 10.1. The molecule has 2 aromatic rings. The molecule has 132 valence electrons. The van der Waals surface area contributed by atoms with E-state index in [2.05, 4.69) is 5.32 Å². The Hall–Kier alpha value is -2.53. The van der Waals surface area contributed by atoms with Gasteiger partial charge in [-0.3, -0.25) is 4.79 Å². The zero-order chi connectivity index (χ0) is 18.4. The highest BCUT2D eigenvalue weighted by molar-refractivity contribution is 6.31. The van der Waals surface area contributed by atoms with Crippen LogP contribution in [0.25, 0.3) is 0 Å². The van der Waals surface area contributed by atoms with Crippen molar-refractivity contribution in [2.24, 2.45) is 0 Å². The molecule has 0 saturated heterocycles. The summed E-state index contributed by atoms with van der Waals surface area (Å²) < 4.78 is 10.4. The predicted molar refractivity (Wildman–Crippen MR) is 95.9 cm³/mol. The quantitative estimate of drug-likeness (QED) is 0.799. The van der Waals surface area contributed by atoms with Gasteiger partial charge in [0, 0.05) is 11.6 Å². The third-order valence-corrected chi connectivity index (χ3v) is 4.08. The molecule has 1 atom stereocenters. The minimum atomic E-state index is -0.928. The van der Waals surface area contributed by atoms with Crippen molar-refractivity contribution < 1.29 is 19.1 Å². The molecule has 0 aliphatic heterocycles. The van der Waals surface area contributed by atoms with Gasteiger partial charge in [-0.25, -0.2) is 4.79 Å². The third kappa shape index (κ3) is 4.97. The van der Waals surface area contributed by atoms with Crippen molar-refractivity contribution in [1.29, 1.82) is 0 Å². The van der Waals surface area contributed by atoms with Crippen molar-refractivity contribution >= 4 is 23.5 Å². The fourth-order valence-corrected chi connectivity index (χ4v) is 2.40. The number of hydrogen-bond donors (Lipinski definition) is 1. The Bertz CT molecular complexity index is 776. The van der Waals surface area contributed by atoms with Crippen LogP contribution in [0.2, 0.25) is 5.02 Å². The largest absolute Gasteiger partial charge is 0.496 e. The number of esters is 1. The van der Waals surface area contributed by atoms with Crippen LogP contribution in [0.5, 0.6) is 5.75 Å². The highest BCUT2D eigenvalue weighted by atomic mass is 35.5. The average molecular weight is 362 g/mol. The lowest BCUT2D eigenvalue weighted by Crippen LogP contribution is -2.35. The second-order valence-electron chi connectivity index (χ2n) is 5.54. The van der Waals surface area contributed by atoms with Crippen molar-refractivity contribution in [2.75, 3.05) is 7.11 Å². The monoisotopic (exact) mass is 361 g/mol. The van der Waals surface area contributed by atoms with Crippen LogP contribution < -0.4 is 10.1 Å². The Morgan fingerprint density at radius 2 is 1.92 bits per heavy atom. The first-order chi connectivity index (χ1) is 11.9. The molecule has 1 N–H and O–H groups in total. The van der Waals surface area contributed by atoms with E-state index in [0.717, 1.165) is 11.1 Å². The molecule has 5 nitrogen and oxygen atoms in total. The summed E-state index contributed by atoms with van der Waals surface area (Å²) in [7, 11) is 1.53. The highest BCUT2D eigenvalue weighted by Gasteiger charge is 2.19. The van der Waals surface area contributed by atoms with Gasteiger partial charge in [-0.05, 0) is 43.2 Å². The standard InChI is InChI=1S/C19H20ClNO4/c1-12-8-9-14(10-17(12)24-3)19(23)25-13(2)18(22)21-11-15-6-4-5-7-16(15)20/h4-10,13H,11H2,1-3H3,(H,21,22)/t13-/m0/s1. The number of amides is 1. The van der Waals surface area contributed by atoms with Gasteiger partial charge in [0.15, 0.2) is 6.10 Å². The van der Waals surface area contributed by atoms with Crippen LogP contribution in [-0.2, 0) is 16.1 Å². The fourth-order valence-electron chi connectivity index (χ4n) is 2.20. The molecule has 0 bridgehead atoms. The minimum absolute atomic E-state index is 0.263. The Kier molecular flexibility index (Phi) is 6.42. The van der Waals surface area contributed by atoms with Crippen LogP contribution in [0.15, 0.2) is 42.5 Å². The van der Waals surface area contributed by atoms with E-state index in [0.29, 0.717) is 16.3 Å². The van der Waals surface area contributed by atoms with Crippen LogP contribution in [0.1, 0.15) is 28.4 Å². The first-order valence-electron chi connectivity index (χ1n) is 7.79. The number of rotatable bonds is 6. The van der Waals surface area contributed by atoms with Crippen LogP contribution in [0.3, 0.4) is 0 Å². The summed E-state index contributed by atoms with van der Waals surface area (Å²) in [4.78, 5) is 24.3. The van der Waals surface area contributed by atoms with E-state index in [1.165, 1.54) is 14.0 Å². The van der Waals surface area contributed by atoms with Gasteiger partial charge in [0.2, 0.25) is 0 Å². The summed E-state index contributed by atoms with van der Waals surface area (Å²) in [6.07, 6.45) is -0.928. The molecular weight excluding hydrogens is 342 g/mol. The lowest BCUT2D eigenvalue weighted by Gasteiger charge is -2.14. The SMILES string of the molecule is COc1cc(C(=O)O[C@@H](C)C(=O)NCc2ccccc2Cl)ccc1C. The zero-order valence-corrected chi connectivity index (χ0v) is 15.1. The van der Waals surface area contributed by atoms with Crippen molar-refractivity contribution in [1.82, 2.24) is 5.32 Å². The van der Waals surface area contributed by atoms with Gasteiger partial charge in [-0.15, -0.1) is 0 Å². The molecule has 0 spiro atoms. The van der Waals surface area contributed by atoms with Crippen LogP contribution in [-0.4, -0.2) is 25.1 Å². The first-order valence-corrected chi connectivity index (χ1v) is 8.17. The first kappa shape index (κ1) is 18.8. The normalized spacial score (nSPS) is 11.5. The van der Waals surface area contributed by atoms with E-state index >= 15 is 0 Å². The average Bonchev–Trinajstić information content (AvgIpc) is 2.61.